The standard InChI is InChI=1S/C15H26.C13H9.C5H5.2ClH.Zr/c1-3-8-14(9-4-1)12-7-13-15-10-5-2-6-11-15;1-3-7-12-10(5-1)9-11-6-2-4-8-13(11)12;1-2-4-5-3-1;;;/h14-15H,1-6,8-13H2;1-5,7-8H,9H2;1-3H,4H2;2*1H;/q;;;;;+2/p-2. The first kappa shape index (κ1) is 28.3. The summed E-state index contributed by atoms with van der Waals surface area (Å²) in [6.45, 7) is 0. The summed E-state index contributed by atoms with van der Waals surface area (Å²) in [4.78, 5) is 0. The summed E-state index contributed by atoms with van der Waals surface area (Å²) in [6, 6.07) is 16.6. The Kier molecular flexibility index (Phi) is 10.5. The minimum absolute atomic E-state index is 0. The van der Waals surface area contributed by atoms with Crippen LogP contribution in [0.15, 0.2) is 64.0 Å². The Morgan fingerprint density at radius 1 is 0.722 bits per heavy atom. The molecule has 2 aromatic rings. The Labute approximate surface area is 239 Å². The number of fused-ring (bicyclic) bond motifs is 3. The van der Waals surface area contributed by atoms with Crippen LogP contribution in [0.2, 0.25) is 0 Å². The molecular weight excluding hydrogens is 558 g/mol. The van der Waals surface area contributed by atoms with E-state index >= 15 is 0 Å². The van der Waals surface area contributed by atoms with Crippen molar-refractivity contribution in [1.29, 1.82) is 0 Å². The van der Waals surface area contributed by atoms with Gasteiger partial charge < -0.3 is 24.8 Å². The number of hydrogen-bond donors (Lipinski definition) is 0. The van der Waals surface area contributed by atoms with Gasteiger partial charge in [-0.15, -0.1) is 0 Å². The molecular formula is C33H40Cl2Zr. The van der Waals surface area contributed by atoms with E-state index in [4.69, 9.17) is 0 Å². The van der Waals surface area contributed by atoms with Gasteiger partial charge >= 0.3 is 216 Å². The first-order valence-electron chi connectivity index (χ1n) is 14.2. The molecule has 0 aromatic heterocycles. The van der Waals surface area contributed by atoms with Crippen LogP contribution in [0.4, 0.5) is 0 Å². The molecule has 0 heterocycles. The summed E-state index contributed by atoms with van der Waals surface area (Å²) >= 11 is -2.14. The second kappa shape index (κ2) is 13.4. The van der Waals surface area contributed by atoms with Crippen LogP contribution in [0.1, 0.15) is 94.6 Å². The summed E-state index contributed by atoms with van der Waals surface area (Å²) in [7, 11) is 0. The van der Waals surface area contributed by atoms with Crippen molar-refractivity contribution in [3.05, 3.63) is 75.1 Å². The third-order valence-corrected chi connectivity index (χ3v) is 16.8. The Hall–Kier alpha value is -0.747. The Bertz CT molecular complexity index is 1110. The fraction of sp³-hybridized carbons (Fsp3) is 0.485. The number of allylic oxidation sites excluding steroid dienone is 4. The Morgan fingerprint density at radius 2 is 1.36 bits per heavy atom. The average molecular weight is 599 g/mol. The topological polar surface area (TPSA) is 0 Å². The van der Waals surface area contributed by atoms with Gasteiger partial charge in [0.05, 0.1) is 0 Å². The molecule has 6 rings (SSSR count). The zero-order valence-corrected chi connectivity index (χ0v) is 25.6. The maximum absolute atomic E-state index is 2.58. The van der Waals surface area contributed by atoms with Gasteiger partial charge in [0.15, 0.2) is 0 Å². The summed E-state index contributed by atoms with van der Waals surface area (Å²) in [5.74, 6) is 1.93. The van der Waals surface area contributed by atoms with E-state index in [9.17, 15) is 0 Å². The second-order valence-corrected chi connectivity index (χ2v) is 17.9. The number of halogens is 2. The third kappa shape index (κ3) is 6.11. The van der Waals surface area contributed by atoms with Crippen molar-refractivity contribution in [3.8, 4) is 11.1 Å². The van der Waals surface area contributed by atoms with Crippen molar-refractivity contribution in [3.63, 3.8) is 0 Å². The van der Waals surface area contributed by atoms with E-state index in [1.165, 1.54) is 89.0 Å². The first-order chi connectivity index (χ1) is 16.9. The van der Waals surface area contributed by atoms with Gasteiger partial charge in [-0.2, -0.15) is 0 Å². The molecule has 0 unspecified atom stereocenters. The first-order valence-corrected chi connectivity index (χ1v) is 17.8. The maximum atomic E-state index is 2.58. The van der Waals surface area contributed by atoms with Crippen LogP contribution >= 0.6 is 0 Å². The molecule has 0 bridgehead atoms. The van der Waals surface area contributed by atoms with E-state index in [-0.39, 0.29) is 24.8 Å². The van der Waals surface area contributed by atoms with Crippen molar-refractivity contribution in [2.45, 2.75) is 89.9 Å². The van der Waals surface area contributed by atoms with Crippen LogP contribution in [-0.2, 0) is 27.7 Å². The molecule has 0 atom stereocenters. The largest absolute Gasteiger partial charge is 1.00 e. The second-order valence-electron chi connectivity index (χ2n) is 11.4. The SMILES string of the molecule is C1=CC[C]([Zr+2](=[C](CC2CCCCC2)CC2CCCCC2)[c]2cccc3c2Cc2ccccc2-3)=C1.[Cl-].[Cl-]. The van der Waals surface area contributed by atoms with Gasteiger partial charge in [-0.05, 0) is 0 Å². The van der Waals surface area contributed by atoms with Crippen molar-refractivity contribution in [2.75, 3.05) is 0 Å². The van der Waals surface area contributed by atoms with E-state index in [0.29, 0.717) is 0 Å². The summed E-state index contributed by atoms with van der Waals surface area (Å²) in [5, 5.41) is 0. The predicted molar refractivity (Wildman–Crippen MR) is 144 cm³/mol. The molecule has 36 heavy (non-hydrogen) atoms. The molecule has 0 nitrogen and oxygen atoms in total. The van der Waals surface area contributed by atoms with E-state index in [1.54, 1.807) is 16.7 Å². The van der Waals surface area contributed by atoms with Gasteiger partial charge in [0.25, 0.3) is 0 Å². The predicted octanol–water partition coefficient (Wildman–Crippen LogP) is 2.47. The molecule has 0 saturated heterocycles. The third-order valence-electron chi connectivity index (χ3n) is 9.09. The number of rotatable bonds is 6. The smallest absolute Gasteiger partial charge is 1.00 e. The van der Waals surface area contributed by atoms with Crippen molar-refractivity contribution < 1.29 is 46.1 Å². The van der Waals surface area contributed by atoms with Crippen molar-refractivity contribution in [1.82, 2.24) is 0 Å². The fourth-order valence-electron chi connectivity index (χ4n) is 7.38. The molecule has 2 aromatic carbocycles. The normalized spacial score (nSPS) is 18.8. The fourth-order valence-corrected chi connectivity index (χ4v) is 16.1. The molecule has 4 aliphatic rings. The number of hydrogen-bond acceptors (Lipinski definition) is 0. The van der Waals surface area contributed by atoms with Gasteiger partial charge in [-0.1, -0.05) is 0 Å². The zero-order valence-electron chi connectivity index (χ0n) is 21.6. The van der Waals surface area contributed by atoms with Gasteiger partial charge in [0, 0.05) is 0 Å². The van der Waals surface area contributed by atoms with E-state index < -0.39 is 21.3 Å². The average Bonchev–Trinajstić information content (AvgIpc) is 3.54. The molecule has 0 spiro atoms. The van der Waals surface area contributed by atoms with Gasteiger partial charge in [0.2, 0.25) is 0 Å². The van der Waals surface area contributed by atoms with Gasteiger partial charge in [0.1, 0.15) is 0 Å². The molecule has 0 N–H and O–H groups in total. The molecule has 2 saturated carbocycles. The van der Waals surface area contributed by atoms with Crippen LogP contribution in [-0.4, -0.2) is 3.21 Å². The Balaban J connectivity index is 0.00000152. The minimum Gasteiger partial charge on any atom is -1.00 e. The quantitative estimate of drug-likeness (QED) is 0.409. The van der Waals surface area contributed by atoms with Crippen LogP contribution in [0.5, 0.6) is 0 Å². The van der Waals surface area contributed by atoms with Crippen molar-refractivity contribution >= 4 is 6.48 Å². The molecule has 2 fully saturated rings. The zero-order chi connectivity index (χ0) is 22.7. The Morgan fingerprint density at radius 3 is 2.00 bits per heavy atom. The molecule has 4 aliphatic carbocycles. The summed E-state index contributed by atoms with van der Waals surface area (Å²) < 4.78 is 5.77. The van der Waals surface area contributed by atoms with Crippen molar-refractivity contribution in [2.24, 2.45) is 11.8 Å². The minimum atomic E-state index is -2.14. The van der Waals surface area contributed by atoms with Crippen LogP contribution in [0, 0.1) is 11.8 Å². The van der Waals surface area contributed by atoms with E-state index in [1.807, 2.05) is 6.55 Å². The molecule has 190 valence electrons. The maximum Gasteiger partial charge on any atom is -1.00 e. The molecule has 0 aliphatic heterocycles. The number of benzene rings is 2. The molecule has 3 heteroatoms. The van der Waals surface area contributed by atoms with Crippen LogP contribution in [0.3, 0.4) is 0 Å². The van der Waals surface area contributed by atoms with Gasteiger partial charge in [-0.25, -0.2) is 0 Å². The summed E-state index contributed by atoms with van der Waals surface area (Å²) in [5.41, 5.74) is 6.30. The van der Waals surface area contributed by atoms with E-state index in [2.05, 4.69) is 63.9 Å². The van der Waals surface area contributed by atoms with Gasteiger partial charge in [-0.3, -0.25) is 0 Å². The van der Waals surface area contributed by atoms with E-state index in [0.717, 1.165) is 18.3 Å². The van der Waals surface area contributed by atoms with Crippen LogP contribution < -0.4 is 28.1 Å². The monoisotopic (exact) mass is 596 g/mol. The molecule has 0 amide bonds. The van der Waals surface area contributed by atoms with Crippen LogP contribution in [0.25, 0.3) is 11.1 Å². The summed E-state index contributed by atoms with van der Waals surface area (Å²) in [6.07, 6.45) is 27.4. The molecule has 0 radical (unpaired) electrons.